The Morgan fingerprint density at radius 2 is 1.95 bits per heavy atom. The highest BCUT2D eigenvalue weighted by Gasteiger charge is 2.22. The average molecular weight is 278 g/mol. The standard InChI is InChI=1S/C13H5F3N2S/c14-7-3-8(15)13-12(10(7)16)18-9(19-13)2-5-1-6-4-17-11(5)6/h1,3-4H,2H2. The molecule has 94 valence electrons. The van der Waals surface area contributed by atoms with Gasteiger partial charge in [0.1, 0.15) is 11.3 Å². The molecule has 0 fully saturated rings. The Hall–Kier alpha value is -1.95. The van der Waals surface area contributed by atoms with Gasteiger partial charge in [-0.3, -0.25) is 4.98 Å². The molecule has 0 amide bonds. The summed E-state index contributed by atoms with van der Waals surface area (Å²) < 4.78 is 40.2. The quantitative estimate of drug-likeness (QED) is 0.523. The van der Waals surface area contributed by atoms with Crippen LogP contribution < -0.4 is 0 Å². The van der Waals surface area contributed by atoms with Crippen LogP contribution in [0.4, 0.5) is 13.2 Å². The van der Waals surface area contributed by atoms with E-state index in [1.807, 2.05) is 6.07 Å². The van der Waals surface area contributed by atoms with Crippen molar-refractivity contribution in [3.63, 3.8) is 0 Å². The van der Waals surface area contributed by atoms with Gasteiger partial charge < -0.3 is 0 Å². The molecule has 1 aromatic carbocycles. The van der Waals surface area contributed by atoms with Crippen molar-refractivity contribution in [2.45, 2.75) is 6.42 Å². The number of halogens is 3. The lowest BCUT2D eigenvalue weighted by Gasteiger charge is -2.18. The molecule has 0 unspecified atom stereocenters. The third-order valence-electron chi connectivity index (χ3n) is 3.14. The Morgan fingerprint density at radius 3 is 2.58 bits per heavy atom. The summed E-state index contributed by atoms with van der Waals surface area (Å²) in [6, 6.07) is 2.51. The van der Waals surface area contributed by atoms with Crippen LogP contribution >= 0.6 is 11.3 Å². The monoisotopic (exact) mass is 278 g/mol. The Balaban J connectivity index is 1.81. The highest BCUT2D eigenvalue weighted by Crippen LogP contribution is 2.36. The van der Waals surface area contributed by atoms with Crippen molar-refractivity contribution in [1.82, 2.24) is 9.97 Å². The van der Waals surface area contributed by atoms with Gasteiger partial charge in [0, 0.05) is 24.2 Å². The second-order valence-corrected chi connectivity index (χ2v) is 5.43. The Morgan fingerprint density at radius 1 is 1.11 bits per heavy atom. The summed E-state index contributed by atoms with van der Waals surface area (Å²) in [5.41, 5.74) is 2.80. The van der Waals surface area contributed by atoms with Crippen LogP contribution in [0.1, 0.15) is 10.6 Å². The summed E-state index contributed by atoms with van der Waals surface area (Å²) in [4.78, 5) is 8.06. The molecule has 0 radical (unpaired) electrons. The molecule has 2 heterocycles. The van der Waals surface area contributed by atoms with Gasteiger partial charge in [0.25, 0.3) is 0 Å². The van der Waals surface area contributed by atoms with E-state index in [9.17, 15) is 13.2 Å². The number of aromatic nitrogens is 2. The zero-order chi connectivity index (χ0) is 13.1. The van der Waals surface area contributed by atoms with Gasteiger partial charge in [0.05, 0.1) is 15.4 Å². The van der Waals surface area contributed by atoms with Gasteiger partial charge in [-0.2, -0.15) is 0 Å². The fourth-order valence-electron chi connectivity index (χ4n) is 2.16. The first-order valence-electron chi connectivity index (χ1n) is 5.55. The highest BCUT2D eigenvalue weighted by molar-refractivity contribution is 7.18. The molecule has 0 spiro atoms. The molecule has 6 heteroatoms. The second-order valence-electron chi connectivity index (χ2n) is 4.35. The van der Waals surface area contributed by atoms with Gasteiger partial charge in [-0.05, 0) is 11.6 Å². The van der Waals surface area contributed by atoms with Crippen LogP contribution in [0.2, 0.25) is 0 Å². The van der Waals surface area contributed by atoms with Crippen molar-refractivity contribution in [3.8, 4) is 11.3 Å². The highest BCUT2D eigenvalue weighted by atomic mass is 32.1. The second kappa shape index (κ2) is 3.54. The summed E-state index contributed by atoms with van der Waals surface area (Å²) in [5, 5.41) is 0.554. The normalized spacial score (nSPS) is 12.2. The van der Waals surface area contributed by atoms with Crippen molar-refractivity contribution >= 4 is 21.6 Å². The van der Waals surface area contributed by atoms with Crippen molar-refractivity contribution in [2.24, 2.45) is 0 Å². The number of hydrogen-bond acceptors (Lipinski definition) is 3. The van der Waals surface area contributed by atoms with Gasteiger partial charge in [-0.1, -0.05) is 0 Å². The van der Waals surface area contributed by atoms with E-state index in [2.05, 4.69) is 9.97 Å². The van der Waals surface area contributed by atoms with E-state index < -0.39 is 17.5 Å². The molecular weight excluding hydrogens is 273 g/mol. The number of nitrogens with zero attached hydrogens (tertiary/aromatic N) is 2. The fraction of sp³-hybridized carbons (Fsp3) is 0.0769. The molecule has 1 aromatic heterocycles. The minimum atomic E-state index is -1.21. The smallest absolute Gasteiger partial charge is 0.186 e. The van der Waals surface area contributed by atoms with Crippen molar-refractivity contribution < 1.29 is 13.2 Å². The molecule has 2 aliphatic rings. The zero-order valence-corrected chi connectivity index (χ0v) is 10.2. The number of pyridine rings is 1. The molecule has 2 aromatic rings. The van der Waals surface area contributed by atoms with Gasteiger partial charge >= 0.3 is 0 Å². The van der Waals surface area contributed by atoms with E-state index in [1.54, 1.807) is 6.20 Å². The SMILES string of the molecule is Fc1cc(F)c2sc(Cc3cc4cnc3-4)nc2c1F. The lowest BCUT2D eigenvalue weighted by atomic mass is 9.93. The van der Waals surface area contributed by atoms with Crippen LogP contribution in [0.5, 0.6) is 0 Å². The summed E-state index contributed by atoms with van der Waals surface area (Å²) in [6.45, 7) is 0. The van der Waals surface area contributed by atoms with Crippen LogP contribution in [-0.2, 0) is 6.42 Å². The number of thiazole rings is 1. The van der Waals surface area contributed by atoms with E-state index in [0.29, 0.717) is 17.5 Å². The number of fused-ring (bicyclic) bond motifs is 2. The molecule has 0 N–H and O–H groups in total. The van der Waals surface area contributed by atoms with E-state index in [-0.39, 0.29) is 10.2 Å². The first-order valence-corrected chi connectivity index (χ1v) is 6.37. The summed E-state index contributed by atoms with van der Waals surface area (Å²) in [5.74, 6) is -3.08. The third kappa shape index (κ3) is 1.43. The lowest BCUT2D eigenvalue weighted by Crippen LogP contribution is -2.04. The minimum Gasteiger partial charge on any atom is -0.255 e. The Bertz CT molecular complexity index is 842. The third-order valence-corrected chi connectivity index (χ3v) is 4.20. The zero-order valence-electron chi connectivity index (χ0n) is 9.38. The molecule has 0 saturated carbocycles. The largest absolute Gasteiger partial charge is 0.255 e. The maximum Gasteiger partial charge on any atom is 0.186 e. The topological polar surface area (TPSA) is 25.8 Å². The van der Waals surface area contributed by atoms with Crippen LogP contribution in [0.15, 0.2) is 18.3 Å². The van der Waals surface area contributed by atoms with E-state index >= 15 is 0 Å². The Labute approximate surface area is 109 Å². The van der Waals surface area contributed by atoms with E-state index in [4.69, 9.17) is 0 Å². The van der Waals surface area contributed by atoms with Gasteiger partial charge in [0.15, 0.2) is 11.6 Å². The number of rotatable bonds is 2. The predicted octanol–water partition coefficient (Wildman–Crippen LogP) is 3.68. The van der Waals surface area contributed by atoms with Crippen LogP contribution in [0.3, 0.4) is 0 Å². The van der Waals surface area contributed by atoms with Crippen LogP contribution in [0.25, 0.3) is 21.5 Å². The van der Waals surface area contributed by atoms with Gasteiger partial charge in [-0.25, -0.2) is 18.2 Å². The molecule has 0 atom stereocenters. The minimum absolute atomic E-state index is 0.0557. The summed E-state index contributed by atoms with van der Waals surface area (Å²) >= 11 is 1.04. The van der Waals surface area contributed by atoms with Crippen LogP contribution in [-0.4, -0.2) is 9.97 Å². The molecular formula is C13H5F3N2S. The Kier molecular flexibility index (Phi) is 2.04. The van der Waals surface area contributed by atoms with E-state index in [0.717, 1.165) is 28.2 Å². The molecule has 2 nitrogen and oxygen atoms in total. The predicted molar refractivity (Wildman–Crippen MR) is 65.5 cm³/mol. The molecule has 4 rings (SSSR count). The van der Waals surface area contributed by atoms with Crippen molar-refractivity contribution in [3.05, 3.63) is 46.4 Å². The molecule has 1 aliphatic heterocycles. The van der Waals surface area contributed by atoms with Crippen LogP contribution in [0, 0.1) is 17.5 Å². The average Bonchev–Trinajstić information content (AvgIpc) is 2.77. The molecule has 19 heavy (non-hydrogen) atoms. The molecule has 1 aliphatic carbocycles. The number of hydrogen-bond donors (Lipinski definition) is 0. The van der Waals surface area contributed by atoms with Crippen molar-refractivity contribution in [1.29, 1.82) is 0 Å². The first-order chi connectivity index (χ1) is 9.13. The van der Waals surface area contributed by atoms with E-state index in [1.165, 1.54) is 0 Å². The van der Waals surface area contributed by atoms with Gasteiger partial charge in [-0.15, -0.1) is 11.3 Å². The summed E-state index contributed by atoms with van der Waals surface area (Å²) in [7, 11) is 0. The molecule has 0 bridgehead atoms. The van der Waals surface area contributed by atoms with Crippen molar-refractivity contribution in [2.75, 3.05) is 0 Å². The first kappa shape index (κ1) is 10.9. The summed E-state index contributed by atoms with van der Waals surface area (Å²) in [6.07, 6.45) is 2.22. The lowest BCUT2D eigenvalue weighted by molar-refractivity contribution is 0.504. The number of benzene rings is 1. The molecule has 0 saturated heterocycles. The van der Waals surface area contributed by atoms with Gasteiger partial charge in [0.2, 0.25) is 0 Å². The maximum absolute atomic E-state index is 13.5. The fourth-order valence-corrected chi connectivity index (χ4v) is 3.15. The maximum atomic E-state index is 13.5.